The third-order valence-electron chi connectivity index (χ3n) is 2.35. The normalized spacial score (nSPS) is 10.8. The zero-order valence-corrected chi connectivity index (χ0v) is 12.6. The minimum absolute atomic E-state index is 0.0135. The van der Waals surface area contributed by atoms with E-state index in [0.29, 0.717) is 20.9 Å². The fourth-order valence-corrected chi connectivity index (χ4v) is 3.43. The highest BCUT2D eigenvalue weighted by Crippen LogP contribution is 2.24. The second kappa shape index (κ2) is 6.40. The summed E-state index contributed by atoms with van der Waals surface area (Å²) in [7, 11) is 0. The van der Waals surface area contributed by atoms with E-state index in [1.165, 1.54) is 23.1 Å². The number of halogens is 1. The fraction of sp³-hybridized carbons (Fsp3) is 0.364. The summed E-state index contributed by atoms with van der Waals surface area (Å²) < 4.78 is 2.13. The number of thioether (sulfide) groups is 1. The van der Waals surface area contributed by atoms with Crippen LogP contribution in [0.5, 0.6) is 0 Å². The number of aromatic nitrogens is 3. The molecule has 1 N–H and O–H groups in total. The smallest absolute Gasteiger partial charge is 0.292 e. The molecule has 0 unspecified atom stereocenters. The van der Waals surface area contributed by atoms with Gasteiger partial charge in [-0.25, -0.2) is 9.89 Å². The number of carbonyl (C=O) groups excluding carboxylic acids is 1. The highest BCUT2D eigenvalue weighted by Gasteiger charge is 2.13. The molecule has 2 heterocycles. The maximum atomic E-state index is 11.9. The van der Waals surface area contributed by atoms with Crippen molar-refractivity contribution in [2.24, 2.45) is 0 Å². The maximum Gasteiger partial charge on any atom is 0.343 e. The second-order valence-electron chi connectivity index (χ2n) is 3.78. The minimum atomic E-state index is -0.240. The molecule has 102 valence electrons. The Morgan fingerprint density at radius 1 is 1.58 bits per heavy atom. The van der Waals surface area contributed by atoms with Gasteiger partial charge in [0.2, 0.25) is 0 Å². The van der Waals surface area contributed by atoms with Crippen LogP contribution in [-0.4, -0.2) is 26.3 Å². The zero-order chi connectivity index (χ0) is 13.8. The Morgan fingerprint density at radius 3 is 3.00 bits per heavy atom. The highest BCUT2D eigenvalue weighted by molar-refractivity contribution is 7.99. The van der Waals surface area contributed by atoms with E-state index in [4.69, 9.17) is 11.6 Å². The SMILES string of the molecule is CCCn1c(SCC(=O)c2ccc(Cl)s2)n[nH]c1=O. The van der Waals surface area contributed by atoms with Crippen LogP contribution in [0.3, 0.4) is 0 Å². The van der Waals surface area contributed by atoms with Crippen LogP contribution in [0.25, 0.3) is 0 Å². The Balaban J connectivity index is 2.03. The van der Waals surface area contributed by atoms with Crippen LogP contribution >= 0.6 is 34.7 Å². The van der Waals surface area contributed by atoms with Crippen molar-refractivity contribution in [1.82, 2.24) is 14.8 Å². The zero-order valence-electron chi connectivity index (χ0n) is 10.2. The number of rotatable bonds is 6. The number of hydrogen-bond donors (Lipinski definition) is 1. The molecule has 2 aromatic rings. The molecule has 0 spiro atoms. The fourth-order valence-electron chi connectivity index (χ4n) is 1.50. The molecule has 0 aliphatic heterocycles. The van der Waals surface area contributed by atoms with E-state index in [2.05, 4.69) is 10.2 Å². The minimum Gasteiger partial charge on any atom is -0.292 e. The number of Topliss-reactive ketones (excluding diaryl/α,β-unsaturated/α-hetero) is 1. The lowest BCUT2D eigenvalue weighted by Gasteiger charge is -2.02. The lowest BCUT2D eigenvalue weighted by molar-refractivity contribution is 0.102. The summed E-state index contributed by atoms with van der Waals surface area (Å²) >= 11 is 8.30. The van der Waals surface area contributed by atoms with Gasteiger partial charge in [0.05, 0.1) is 15.0 Å². The maximum absolute atomic E-state index is 11.9. The number of H-pyrrole nitrogens is 1. The van der Waals surface area contributed by atoms with Crippen molar-refractivity contribution in [2.45, 2.75) is 25.0 Å². The molecular formula is C11H12ClN3O2S2. The van der Waals surface area contributed by atoms with E-state index >= 15 is 0 Å². The summed E-state index contributed by atoms with van der Waals surface area (Å²) in [6, 6.07) is 3.41. The molecule has 0 radical (unpaired) electrons. The summed E-state index contributed by atoms with van der Waals surface area (Å²) in [6.45, 7) is 2.57. The summed E-state index contributed by atoms with van der Waals surface area (Å²) in [5.74, 6) is 0.227. The topological polar surface area (TPSA) is 67.8 Å². The summed E-state index contributed by atoms with van der Waals surface area (Å²) in [5, 5.41) is 6.86. The van der Waals surface area contributed by atoms with Gasteiger partial charge < -0.3 is 0 Å². The van der Waals surface area contributed by atoms with Gasteiger partial charge in [0.25, 0.3) is 0 Å². The third kappa shape index (κ3) is 3.49. The van der Waals surface area contributed by atoms with Crippen molar-refractivity contribution in [3.8, 4) is 0 Å². The summed E-state index contributed by atoms with van der Waals surface area (Å²) in [6.07, 6.45) is 0.835. The van der Waals surface area contributed by atoms with E-state index in [0.717, 1.165) is 6.42 Å². The molecule has 2 aromatic heterocycles. The van der Waals surface area contributed by atoms with E-state index in [-0.39, 0.29) is 17.2 Å². The van der Waals surface area contributed by atoms with Crippen molar-refractivity contribution in [3.05, 3.63) is 31.8 Å². The predicted octanol–water partition coefficient (Wildman–Crippen LogP) is 2.67. The molecule has 0 saturated heterocycles. The number of aromatic amines is 1. The van der Waals surface area contributed by atoms with E-state index in [9.17, 15) is 9.59 Å². The summed E-state index contributed by atoms with van der Waals surface area (Å²) in [5.41, 5.74) is -0.240. The van der Waals surface area contributed by atoms with Crippen LogP contribution in [0.4, 0.5) is 0 Å². The molecule has 19 heavy (non-hydrogen) atoms. The number of thiophene rings is 1. The van der Waals surface area contributed by atoms with Gasteiger partial charge in [-0.05, 0) is 18.6 Å². The molecular weight excluding hydrogens is 306 g/mol. The Hall–Kier alpha value is -1.05. The van der Waals surface area contributed by atoms with Gasteiger partial charge in [-0.15, -0.1) is 16.4 Å². The van der Waals surface area contributed by atoms with Crippen LogP contribution in [-0.2, 0) is 6.54 Å². The quantitative estimate of drug-likeness (QED) is 0.657. The molecule has 0 aliphatic carbocycles. The predicted molar refractivity (Wildman–Crippen MR) is 77.5 cm³/mol. The van der Waals surface area contributed by atoms with Crippen LogP contribution in [0, 0.1) is 0 Å². The number of hydrogen-bond acceptors (Lipinski definition) is 5. The average molecular weight is 318 g/mol. The highest BCUT2D eigenvalue weighted by atomic mass is 35.5. The molecule has 0 bridgehead atoms. The molecule has 0 saturated carbocycles. The van der Waals surface area contributed by atoms with Gasteiger partial charge in [0.15, 0.2) is 10.9 Å². The van der Waals surface area contributed by atoms with Gasteiger partial charge in [0, 0.05) is 6.54 Å². The largest absolute Gasteiger partial charge is 0.343 e. The first kappa shape index (κ1) is 14.4. The number of ketones is 1. The first-order valence-corrected chi connectivity index (χ1v) is 7.86. The van der Waals surface area contributed by atoms with Gasteiger partial charge in [0.1, 0.15) is 0 Å². The third-order valence-corrected chi connectivity index (χ3v) is 4.60. The van der Waals surface area contributed by atoms with Crippen LogP contribution < -0.4 is 5.69 Å². The Labute approximate surface area is 123 Å². The van der Waals surface area contributed by atoms with Crippen molar-refractivity contribution in [2.75, 3.05) is 5.75 Å². The molecule has 0 atom stereocenters. The first-order chi connectivity index (χ1) is 9.11. The van der Waals surface area contributed by atoms with Gasteiger partial charge in [-0.1, -0.05) is 30.3 Å². The molecule has 5 nitrogen and oxygen atoms in total. The summed E-state index contributed by atoms with van der Waals surface area (Å²) in [4.78, 5) is 24.0. The number of carbonyl (C=O) groups is 1. The standard InChI is InChI=1S/C11H12ClN3O2S2/c1-2-5-15-10(17)13-14-11(15)18-6-7(16)8-3-4-9(12)19-8/h3-4H,2,5-6H2,1H3,(H,13,17). The van der Waals surface area contributed by atoms with Crippen molar-refractivity contribution in [3.63, 3.8) is 0 Å². The van der Waals surface area contributed by atoms with Crippen molar-refractivity contribution in [1.29, 1.82) is 0 Å². The van der Waals surface area contributed by atoms with Crippen molar-refractivity contribution < 1.29 is 4.79 Å². The first-order valence-electron chi connectivity index (χ1n) is 5.68. The van der Waals surface area contributed by atoms with Crippen LogP contribution in [0.1, 0.15) is 23.0 Å². The monoisotopic (exact) mass is 317 g/mol. The molecule has 0 aliphatic rings. The number of nitrogens with zero attached hydrogens (tertiary/aromatic N) is 2. The Morgan fingerprint density at radius 2 is 2.37 bits per heavy atom. The van der Waals surface area contributed by atoms with Crippen molar-refractivity contribution >= 4 is 40.5 Å². The van der Waals surface area contributed by atoms with Gasteiger partial charge in [-0.2, -0.15) is 0 Å². The van der Waals surface area contributed by atoms with Crippen LogP contribution in [0.15, 0.2) is 22.1 Å². The van der Waals surface area contributed by atoms with E-state index in [1.54, 1.807) is 16.7 Å². The molecule has 0 amide bonds. The van der Waals surface area contributed by atoms with Gasteiger partial charge >= 0.3 is 5.69 Å². The Kier molecular flexibility index (Phi) is 4.84. The molecule has 0 fully saturated rings. The second-order valence-corrected chi connectivity index (χ2v) is 6.44. The number of nitrogens with one attached hydrogen (secondary N) is 1. The van der Waals surface area contributed by atoms with E-state index < -0.39 is 0 Å². The Bertz CT molecular complexity index is 632. The van der Waals surface area contributed by atoms with Gasteiger partial charge in [-0.3, -0.25) is 9.36 Å². The molecule has 8 heteroatoms. The lowest BCUT2D eigenvalue weighted by atomic mass is 10.4. The lowest BCUT2D eigenvalue weighted by Crippen LogP contribution is -2.17. The van der Waals surface area contributed by atoms with E-state index in [1.807, 2.05) is 6.92 Å². The molecule has 0 aromatic carbocycles. The van der Waals surface area contributed by atoms with Crippen LogP contribution in [0.2, 0.25) is 4.34 Å². The molecule has 2 rings (SSSR count). The average Bonchev–Trinajstić information content (AvgIpc) is 2.96.